The Kier molecular flexibility index (Phi) is 11.9. The predicted molar refractivity (Wildman–Crippen MR) is 241 cm³/mol. The number of aliphatic hydroxyl groups is 3. The Morgan fingerprint density at radius 2 is 1.79 bits per heavy atom. The summed E-state index contributed by atoms with van der Waals surface area (Å²) in [4.78, 5) is 35.7. The second-order valence-corrected chi connectivity index (χ2v) is 23.1. The minimum Gasteiger partial charge on any atom is -0.492 e. The first-order valence-corrected chi connectivity index (χ1v) is 25.1. The van der Waals surface area contributed by atoms with Crippen molar-refractivity contribution in [1.29, 1.82) is 0 Å². The fraction of sp³-hybridized carbons (Fsp3) is 0.824. The summed E-state index contributed by atoms with van der Waals surface area (Å²) in [5.74, 6) is -0.547. The first-order chi connectivity index (χ1) is 29.8. The number of allylic oxidation sites excluding steroid dienone is 1. The summed E-state index contributed by atoms with van der Waals surface area (Å²) in [5, 5.41) is 36.0. The van der Waals surface area contributed by atoms with E-state index in [0.29, 0.717) is 17.4 Å². The molecule has 9 rings (SSSR count). The fourth-order valence-corrected chi connectivity index (χ4v) is 15.6. The number of esters is 1. The van der Waals surface area contributed by atoms with Crippen LogP contribution in [0.3, 0.4) is 0 Å². The fourth-order valence-electron chi connectivity index (χ4n) is 15.5. The molecule has 1 spiro atoms. The Labute approximate surface area is 380 Å². The van der Waals surface area contributed by atoms with Gasteiger partial charge in [-0.15, -0.1) is 11.6 Å². The number of carbonyl (C=O) groups is 2. The molecule has 15 unspecified atom stereocenters. The van der Waals surface area contributed by atoms with E-state index in [2.05, 4.69) is 60.7 Å². The maximum Gasteiger partial charge on any atom is 0.321 e. The number of aliphatic imine (C=N–C) groups is 1. The van der Waals surface area contributed by atoms with Crippen LogP contribution in [0, 0.1) is 52.3 Å². The molecule has 12 heteroatoms. The molecule has 4 N–H and O–H groups in total. The number of carbonyl (C=O) groups excluding carboxylic acids is 2. The van der Waals surface area contributed by atoms with Gasteiger partial charge in [0.1, 0.15) is 35.7 Å². The van der Waals surface area contributed by atoms with E-state index in [4.69, 9.17) is 35.5 Å². The molecule has 3 saturated heterocycles. The SMILES string of the molecule is CC(=CCC12OC(C)(C)C13C1C4N=C5C6=C(CCCC6)C(O)C5C1C(C)(C2=O)C3OC1=C(CCC(C)C)C2OC(C)(CCCC(C)C)CCC2C(OC(=O)CCl)C14)C(O)NCCO. The maximum atomic E-state index is 16.0. The van der Waals surface area contributed by atoms with Gasteiger partial charge in [0.05, 0.1) is 52.8 Å². The molecule has 15 atom stereocenters. The maximum absolute atomic E-state index is 16.0. The highest BCUT2D eigenvalue weighted by molar-refractivity contribution is 6.26. The first kappa shape index (κ1) is 46.0. The van der Waals surface area contributed by atoms with E-state index in [1.165, 1.54) is 5.57 Å². The van der Waals surface area contributed by atoms with Crippen LogP contribution in [-0.4, -0.2) is 105 Å². The summed E-state index contributed by atoms with van der Waals surface area (Å²) in [6, 6.07) is -0.455. The number of fused-ring (bicyclic) bond motifs is 7. The van der Waals surface area contributed by atoms with Gasteiger partial charge in [0, 0.05) is 36.4 Å². The largest absolute Gasteiger partial charge is 0.492 e. The standard InChI is InChI=1S/C51H75ClN2O9/c1-26(2)13-12-20-48(8)21-19-32-41(62-48)31(17-16-27(3)4)43-35(42(32)60-33(56)25-52)39-37-36(34-38(54-39)29-14-10-11-15-30(29)40(34)57)49(9)45(59)50(22-18-28(5)44(58)53-23-24-55)51(37,46(49)61-43)47(6,7)63-50/h18,26-27,32,34-37,39-42,44,46,53,55,57-58H,10-17,19-25H2,1-9H3. The van der Waals surface area contributed by atoms with Crippen LogP contribution in [0.5, 0.6) is 0 Å². The van der Waals surface area contributed by atoms with Gasteiger partial charge in [0.2, 0.25) is 0 Å². The van der Waals surface area contributed by atoms with E-state index in [1.54, 1.807) is 0 Å². The molecule has 2 saturated carbocycles. The van der Waals surface area contributed by atoms with Crippen molar-refractivity contribution < 1.29 is 43.9 Å². The van der Waals surface area contributed by atoms with E-state index in [-0.39, 0.29) is 66.6 Å². The summed E-state index contributed by atoms with van der Waals surface area (Å²) in [5.41, 5.74) is 0.445. The molecule has 11 nitrogen and oxygen atoms in total. The number of hydrogen-bond donors (Lipinski definition) is 4. The quantitative estimate of drug-likeness (QED) is 0.0562. The van der Waals surface area contributed by atoms with Gasteiger partial charge in [-0.25, -0.2) is 0 Å². The van der Waals surface area contributed by atoms with Gasteiger partial charge in [0.25, 0.3) is 0 Å². The highest BCUT2D eigenvalue weighted by atomic mass is 35.5. The Hall–Kier alpha value is -2.12. The van der Waals surface area contributed by atoms with E-state index in [0.717, 1.165) is 93.2 Å². The number of rotatable bonds is 15. The van der Waals surface area contributed by atoms with Crippen molar-refractivity contribution in [3.63, 3.8) is 0 Å². The molecular formula is C51H75ClN2O9. The smallest absolute Gasteiger partial charge is 0.321 e. The lowest BCUT2D eigenvalue weighted by atomic mass is 9.44. The third kappa shape index (κ3) is 6.48. The summed E-state index contributed by atoms with van der Waals surface area (Å²) in [6.45, 7) is 19.5. The zero-order valence-electron chi connectivity index (χ0n) is 39.3. The molecule has 5 aliphatic carbocycles. The lowest BCUT2D eigenvalue weighted by Crippen LogP contribution is -2.81. The van der Waals surface area contributed by atoms with Crippen LogP contribution in [-0.2, 0) is 28.5 Å². The number of hydrogen-bond acceptors (Lipinski definition) is 11. The second-order valence-electron chi connectivity index (χ2n) is 22.8. The van der Waals surface area contributed by atoms with Gasteiger partial charge in [0.15, 0.2) is 5.78 Å². The average Bonchev–Trinajstić information content (AvgIpc) is 3.65. The molecule has 9 aliphatic rings. The summed E-state index contributed by atoms with van der Waals surface area (Å²) in [6.07, 6.45) is 8.89. The Bertz CT molecular complexity index is 1990. The molecule has 4 aliphatic heterocycles. The molecular weight excluding hydrogens is 820 g/mol. The van der Waals surface area contributed by atoms with Crippen LogP contribution in [0.15, 0.2) is 39.1 Å². The highest BCUT2D eigenvalue weighted by Crippen LogP contribution is 2.85. The number of aliphatic hydroxyl groups excluding tert-OH is 3. The Morgan fingerprint density at radius 1 is 1.06 bits per heavy atom. The van der Waals surface area contributed by atoms with Crippen LogP contribution in [0.2, 0.25) is 0 Å². The van der Waals surface area contributed by atoms with Crippen LogP contribution in [0.4, 0.5) is 0 Å². The lowest BCUT2D eigenvalue weighted by molar-refractivity contribution is -0.373. The van der Waals surface area contributed by atoms with Crippen molar-refractivity contribution in [2.24, 2.45) is 57.2 Å². The Morgan fingerprint density at radius 3 is 2.48 bits per heavy atom. The average molecular weight is 896 g/mol. The van der Waals surface area contributed by atoms with Crippen LogP contribution < -0.4 is 5.32 Å². The molecule has 0 amide bonds. The summed E-state index contributed by atoms with van der Waals surface area (Å²) >= 11 is 6.33. The summed E-state index contributed by atoms with van der Waals surface area (Å²) < 4.78 is 29.2. The lowest BCUT2D eigenvalue weighted by Gasteiger charge is -2.70. The number of Topliss-reactive ketones (excluding diaryl/α,β-unsaturated/α-hetero) is 1. The zero-order valence-corrected chi connectivity index (χ0v) is 40.1. The number of halogens is 1. The highest BCUT2D eigenvalue weighted by Gasteiger charge is 2.97. The zero-order chi connectivity index (χ0) is 45.2. The molecule has 0 radical (unpaired) electrons. The molecule has 4 bridgehead atoms. The van der Waals surface area contributed by atoms with E-state index in [1.807, 2.05) is 13.0 Å². The number of ketones is 1. The molecule has 5 fully saturated rings. The Balaban J connectivity index is 1.27. The van der Waals surface area contributed by atoms with Gasteiger partial charge < -0.3 is 34.3 Å². The predicted octanol–water partition coefficient (Wildman–Crippen LogP) is 7.53. The third-order valence-electron chi connectivity index (χ3n) is 18.0. The van der Waals surface area contributed by atoms with Gasteiger partial charge in [-0.3, -0.25) is 19.9 Å². The van der Waals surface area contributed by atoms with E-state index >= 15 is 4.79 Å². The van der Waals surface area contributed by atoms with Gasteiger partial charge in [-0.2, -0.15) is 0 Å². The minimum absolute atomic E-state index is 0.00673. The minimum atomic E-state index is -1.30. The molecule has 63 heavy (non-hydrogen) atoms. The van der Waals surface area contributed by atoms with E-state index < -0.39 is 64.5 Å². The normalized spacial score (nSPS) is 43.4. The van der Waals surface area contributed by atoms with Crippen molar-refractivity contribution in [2.75, 3.05) is 19.0 Å². The van der Waals surface area contributed by atoms with Crippen molar-refractivity contribution in [2.45, 2.75) is 193 Å². The first-order valence-electron chi connectivity index (χ1n) is 24.6. The second kappa shape index (κ2) is 16.3. The monoisotopic (exact) mass is 895 g/mol. The summed E-state index contributed by atoms with van der Waals surface area (Å²) in [7, 11) is 0. The molecule has 4 heterocycles. The van der Waals surface area contributed by atoms with Gasteiger partial charge in [-0.1, -0.05) is 46.6 Å². The van der Waals surface area contributed by atoms with E-state index in [9.17, 15) is 20.1 Å². The number of alkyl halides is 1. The number of nitrogens with one attached hydrogen (secondary N) is 1. The molecule has 0 aromatic heterocycles. The topological polar surface area (TPSA) is 156 Å². The van der Waals surface area contributed by atoms with Crippen molar-refractivity contribution in [3.05, 3.63) is 34.1 Å². The third-order valence-corrected chi connectivity index (χ3v) is 18.2. The van der Waals surface area contributed by atoms with Crippen LogP contribution >= 0.6 is 11.6 Å². The number of nitrogens with zero attached hydrogens (tertiary/aromatic N) is 1. The molecule has 0 aromatic rings. The van der Waals surface area contributed by atoms with Crippen molar-refractivity contribution >= 4 is 29.1 Å². The molecule has 350 valence electrons. The number of ether oxygens (including phenoxy) is 4. The van der Waals surface area contributed by atoms with Crippen LogP contribution in [0.25, 0.3) is 0 Å². The molecule has 0 aromatic carbocycles. The van der Waals surface area contributed by atoms with Gasteiger partial charge >= 0.3 is 5.97 Å². The van der Waals surface area contributed by atoms with Crippen molar-refractivity contribution in [1.82, 2.24) is 5.32 Å². The van der Waals surface area contributed by atoms with Gasteiger partial charge in [-0.05, 0) is 132 Å². The van der Waals surface area contributed by atoms with Crippen molar-refractivity contribution in [3.8, 4) is 0 Å². The van der Waals surface area contributed by atoms with Crippen LogP contribution in [0.1, 0.15) is 139 Å².